The van der Waals surface area contributed by atoms with E-state index in [0.717, 1.165) is 38.3 Å². The fraction of sp³-hybridized carbons (Fsp3) is 0.0488. The number of aromatic nitrogens is 4. The molecule has 4 nitrogen and oxygen atoms in total. The van der Waals surface area contributed by atoms with Gasteiger partial charge in [0.15, 0.2) is 17.5 Å². The number of nitrogens with zero attached hydrogens (tertiary/aromatic N) is 4. The van der Waals surface area contributed by atoms with Crippen LogP contribution in [0.2, 0.25) is 0 Å². The van der Waals surface area contributed by atoms with Gasteiger partial charge in [-0.15, -0.1) is 11.8 Å². The molecule has 0 aliphatic rings. The summed E-state index contributed by atoms with van der Waals surface area (Å²) >= 11 is 1.62. The fourth-order valence-corrected chi connectivity index (χ4v) is 6.86. The molecular weight excluding hydrogens is 581 g/mol. The van der Waals surface area contributed by atoms with Gasteiger partial charge in [0.1, 0.15) is 0 Å². The van der Waals surface area contributed by atoms with Gasteiger partial charge in [-0.25, -0.2) is 15.0 Å². The Morgan fingerprint density at radius 3 is 1.78 bits per heavy atom. The Morgan fingerprint density at radius 1 is 0.543 bits per heavy atom. The van der Waals surface area contributed by atoms with Gasteiger partial charge >= 0.3 is 0 Å². The van der Waals surface area contributed by atoms with Crippen molar-refractivity contribution in [3.8, 4) is 51.0 Å². The maximum absolute atomic E-state index is 8.71. The molecular formula is C41H30N4S. The quantitative estimate of drug-likeness (QED) is 0.175. The van der Waals surface area contributed by atoms with Crippen LogP contribution in [0.3, 0.4) is 0 Å². The van der Waals surface area contributed by atoms with E-state index in [-0.39, 0.29) is 17.6 Å². The fourth-order valence-electron chi connectivity index (χ4n) is 6.09. The van der Waals surface area contributed by atoms with Gasteiger partial charge in [-0.05, 0) is 66.3 Å². The van der Waals surface area contributed by atoms with Crippen LogP contribution >= 0.6 is 11.8 Å². The lowest BCUT2D eigenvalue weighted by Gasteiger charge is -2.14. The third kappa shape index (κ3) is 4.86. The Kier molecular flexibility index (Phi) is 5.86. The molecule has 0 bridgehead atoms. The second-order valence-electron chi connectivity index (χ2n) is 10.9. The second kappa shape index (κ2) is 11.8. The van der Waals surface area contributed by atoms with Crippen LogP contribution in [0.25, 0.3) is 72.8 Å². The van der Waals surface area contributed by atoms with Crippen LogP contribution in [-0.4, -0.2) is 25.8 Å². The van der Waals surface area contributed by atoms with Gasteiger partial charge in [-0.3, -0.25) is 0 Å². The third-order valence-electron chi connectivity index (χ3n) is 8.19. The highest BCUT2D eigenvalue weighted by Crippen LogP contribution is 2.36. The van der Waals surface area contributed by atoms with Crippen molar-refractivity contribution >= 4 is 33.6 Å². The topological polar surface area (TPSA) is 43.6 Å². The van der Waals surface area contributed by atoms with Crippen molar-refractivity contribution in [3.05, 3.63) is 151 Å². The summed E-state index contributed by atoms with van der Waals surface area (Å²) in [6.07, 6.45) is 2.02. The second-order valence-corrected chi connectivity index (χ2v) is 11.7. The van der Waals surface area contributed by atoms with Crippen molar-refractivity contribution in [1.82, 2.24) is 19.5 Å². The highest BCUT2D eigenvalue weighted by Gasteiger charge is 2.18. The standard InChI is InChI=1S/C41H30N4S/c1-27-13-12-20-35(38(27)46-2)41-43-39(42-40(44-41)34-19-7-6-16-31(34)28-14-4-3-5-15-28)29-23-25-30(26-24-29)45-36-21-10-8-17-32(36)33-18-9-11-22-37(33)45/h3-26H,1-2H3/i3D,4D,5D,14D,15D. The van der Waals surface area contributed by atoms with E-state index in [4.69, 9.17) is 21.8 Å². The van der Waals surface area contributed by atoms with E-state index in [1.807, 2.05) is 42.7 Å². The molecule has 2 aromatic heterocycles. The molecule has 0 unspecified atom stereocenters. The lowest BCUT2D eigenvalue weighted by molar-refractivity contribution is 1.06. The van der Waals surface area contributed by atoms with Crippen LogP contribution < -0.4 is 0 Å². The first kappa shape index (κ1) is 22.9. The van der Waals surface area contributed by atoms with Gasteiger partial charge in [0.25, 0.3) is 0 Å². The molecule has 6 aromatic carbocycles. The van der Waals surface area contributed by atoms with Gasteiger partial charge in [-0.2, -0.15) is 0 Å². The molecule has 0 spiro atoms. The zero-order valence-electron chi connectivity index (χ0n) is 30.2. The molecule has 5 heteroatoms. The van der Waals surface area contributed by atoms with Crippen LogP contribution in [-0.2, 0) is 0 Å². The average Bonchev–Trinajstić information content (AvgIpc) is 3.51. The molecule has 8 aromatic rings. The molecule has 0 fully saturated rings. The summed E-state index contributed by atoms with van der Waals surface area (Å²) in [5.41, 5.74) is 7.02. The molecule has 0 aliphatic carbocycles. The number of hydrogen-bond acceptors (Lipinski definition) is 4. The van der Waals surface area contributed by atoms with Gasteiger partial charge in [-0.1, -0.05) is 109 Å². The normalized spacial score (nSPS) is 12.9. The Labute approximate surface area is 279 Å². The Hall–Kier alpha value is -5.52. The van der Waals surface area contributed by atoms with Crippen LogP contribution in [0.5, 0.6) is 0 Å². The minimum Gasteiger partial charge on any atom is -0.309 e. The van der Waals surface area contributed by atoms with E-state index in [9.17, 15) is 0 Å². The average molecular weight is 616 g/mol. The van der Waals surface area contributed by atoms with Crippen molar-refractivity contribution in [3.63, 3.8) is 0 Å². The van der Waals surface area contributed by atoms with E-state index in [2.05, 4.69) is 78.2 Å². The molecule has 8 rings (SSSR count). The molecule has 0 radical (unpaired) electrons. The van der Waals surface area contributed by atoms with Crippen LogP contribution in [0.1, 0.15) is 12.4 Å². The first-order valence-corrected chi connectivity index (χ1v) is 16.1. The summed E-state index contributed by atoms with van der Waals surface area (Å²) < 4.78 is 44.5. The summed E-state index contributed by atoms with van der Waals surface area (Å²) in [6.45, 7) is 2.05. The summed E-state index contributed by atoms with van der Waals surface area (Å²) in [5.74, 6) is 1.26. The van der Waals surface area contributed by atoms with E-state index in [1.54, 1.807) is 23.9 Å². The monoisotopic (exact) mass is 615 g/mol. The van der Waals surface area contributed by atoms with Crippen LogP contribution in [0.15, 0.2) is 150 Å². The third-order valence-corrected chi connectivity index (χ3v) is 9.14. The molecule has 0 saturated heterocycles. The van der Waals surface area contributed by atoms with Crippen molar-refractivity contribution in [2.45, 2.75) is 11.8 Å². The number of hydrogen-bond donors (Lipinski definition) is 0. The van der Waals surface area contributed by atoms with Crippen molar-refractivity contribution in [1.29, 1.82) is 0 Å². The maximum Gasteiger partial charge on any atom is 0.165 e. The van der Waals surface area contributed by atoms with Gasteiger partial charge in [0.2, 0.25) is 0 Å². The molecule has 0 saturated carbocycles. The number of aryl methyl sites for hydroxylation is 1. The predicted molar refractivity (Wildman–Crippen MR) is 192 cm³/mol. The molecule has 0 amide bonds. The minimum atomic E-state index is -0.440. The zero-order chi connectivity index (χ0) is 35.4. The summed E-state index contributed by atoms with van der Waals surface area (Å²) in [4.78, 5) is 16.0. The highest BCUT2D eigenvalue weighted by atomic mass is 32.2. The van der Waals surface area contributed by atoms with E-state index >= 15 is 0 Å². The number of para-hydroxylation sites is 2. The van der Waals surface area contributed by atoms with Gasteiger partial charge in [0.05, 0.1) is 17.9 Å². The molecule has 0 aliphatic heterocycles. The molecule has 0 N–H and O–H groups in total. The lowest BCUT2D eigenvalue weighted by Crippen LogP contribution is -2.02. The smallest absolute Gasteiger partial charge is 0.165 e. The molecule has 220 valence electrons. The van der Waals surface area contributed by atoms with E-state index in [1.165, 1.54) is 10.8 Å². The number of rotatable bonds is 6. The SMILES string of the molecule is [2H]c1c([2H])c([2H])c(-c2ccccc2-c2nc(-c3ccc(-n4c5ccccc5c5ccccc54)cc3)nc(-c3cccc(C)c3SC)n2)c([2H])c1[2H]. The highest BCUT2D eigenvalue weighted by molar-refractivity contribution is 7.98. The Balaban J connectivity index is 1.33. The van der Waals surface area contributed by atoms with Crippen molar-refractivity contribution < 1.29 is 6.85 Å². The first-order valence-electron chi connectivity index (χ1n) is 17.4. The minimum absolute atomic E-state index is 0.0935. The van der Waals surface area contributed by atoms with E-state index in [0.29, 0.717) is 28.6 Å². The Morgan fingerprint density at radius 2 is 1.11 bits per heavy atom. The van der Waals surface area contributed by atoms with Crippen LogP contribution in [0, 0.1) is 6.92 Å². The zero-order valence-corrected chi connectivity index (χ0v) is 26.0. The number of thioether (sulfide) groups is 1. The largest absolute Gasteiger partial charge is 0.309 e. The van der Waals surface area contributed by atoms with Crippen molar-refractivity contribution in [2.24, 2.45) is 0 Å². The summed E-state index contributed by atoms with van der Waals surface area (Å²) in [6, 6.07) is 36.3. The van der Waals surface area contributed by atoms with E-state index < -0.39 is 18.1 Å². The first-order chi connectivity index (χ1) is 24.8. The van der Waals surface area contributed by atoms with Gasteiger partial charge in [0, 0.05) is 38.0 Å². The van der Waals surface area contributed by atoms with Crippen molar-refractivity contribution in [2.75, 3.05) is 6.26 Å². The number of benzene rings is 6. The van der Waals surface area contributed by atoms with Crippen LogP contribution in [0.4, 0.5) is 0 Å². The summed E-state index contributed by atoms with van der Waals surface area (Å²) in [7, 11) is 0. The lowest BCUT2D eigenvalue weighted by atomic mass is 9.99. The molecule has 2 heterocycles. The number of fused-ring (bicyclic) bond motifs is 3. The Bertz CT molecular complexity index is 2570. The van der Waals surface area contributed by atoms with Gasteiger partial charge < -0.3 is 4.57 Å². The molecule has 0 atom stereocenters. The maximum atomic E-state index is 8.71. The molecule has 46 heavy (non-hydrogen) atoms. The predicted octanol–water partition coefficient (Wildman–Crippen LogP) is 10.7. The summed E-state index contributed by atoms with van der Waals surface area (Å²) in [5, 5.41) is 2.37.